The molecular weight excluding hydrogens is 402 g/mol. The lowest BCUT2D eigenvalue weighted by Crippen LogP contribution is -2.36. The van der Waals surface area contributed by atoms with Crippen LogP contribution in [0.1, 0.15) is 43.2 Å². The number of amides is 2. The van der Waals surface area contributed by atoms with Gasteiger partial charge in [-0.25, -0.2) is 0 Å². The molecule has 0 aliphatic heterocycles. The molecule has 1 aliphatic carbocycles. The van der Waals surface area contributed by atoms with E-state index >= 15 is 0 Å². The molecule has 0 bridgehead atoms. The number of nitriles is 1. The van der Waals surface area contributed by atoms with Crippen molar-refractivity contribution in [2.24, 2.45) is 0 Å². The monoisotopic (exact) mass is 431 g/mol. The van der Waals surface area contributed by atoms with Crippen molar-refractivity contribution in [1.82, 2.24) is 10.6 Å². The van der Waals surface area contributed by atoms with Crippen LogP contribution in [0.5, 0.6) is 5.75 Å². The number of nitrogens with one attached hydrogen (secondary N) is 2. The third-order valence-corrected chi connectivity index (χ3v) is 5.45. The summed E-state index contributed by atoms with van der Waals surface area (Å²) in [5.41, 5.74) is 1.98. The second-order valence-corrected chi connectivity index (χ2v) is 7.92. The van der Waals surface area contributed by atoms with Gasteiger partial charge in [-0.15, -0.1) is 0 Å². The Bertz CT molecular complexity index is 956. The predicted octanol–water partition coefficient (Wildman–Crippen LogP) is 3.78. The molecule has 1 fully saturated rings. The van der Waals surface area contributed by atoms with E-state index in [4.69, 9.17) is 4.74 Å². The Balaban J connectivity index is 1.44. The Morgan fingerprint density at radius 1 is 1.03 bits per heavy atom. The molecule has 0 unspecified atom stereocenters. The highest BCUT2D eigenvalue weighted by atomic mass is 16.5. The SMILES string of the molecule is N#C/C(=C\c1ccc(OCC(=O)NCCc2ccccc2)cc1)C(=O)NC1CCCCC1. The summed E-state index contributed by atoms with van der Waals surface area (Å²) in [7, 11) is 0. The predicted molar refractivity (Wildman–Crippen MR) is 124 cm³/mol. The van der Waals surface area contributed by atoms with Gasteiger partial charge in [-0.3, -0.25) is 9.59 Å². The van der Waals surface area contributed by atoms with Crippen LogP contribution in [0, 0.1) is 11.3 Å². The molecule has 0 aromatic heterocycles. The fourth-order valence-corrected chi connectivity index (χ4v) is 3.68. The molecule has 6 nitrogen and oxygen atoms in total. The van der Waals surface area contributed by atoms with Crippen molar-refractivity contribution in [3.05, 3.63) is 71.3 Å². The lowest BCUT2D eigenvalue weighted by molar-refractivity contribution is -0.123. The molecule has 2 amide bonds. The topological polar surface area (TPSA) is 91.2 Å². The summed E-state index contributed by atoms with van der Waals surface area (Å²) in [4.78, 5) is 24.4. The van der Waals surface area contributed by atoms with Gasteiger partial charge in [-0.05, 0) is 48.6 Å². The standard InChI is InChI=1S/C26H29N3O3/c27-18-22(26(31)29-23-9-5-2-6-10-23)17-21-11-13-24(14-12-21)32-19-25(30)28-16-15-20-7-3-1-4-8-20/h1,3-4,7-8,11-14,17,23H,2,5-6,9-10,15-16,19H2,(H,28,30)(H,29,31)/b22-17+. The number of benzene rings is 2. The number of ether oxygens (including phenoxy) is 1. The van der Waals surface area contributed by atoms with E-state index < -0.39 is 0 Å². The van der Waals surface area contributed by atoms with Crippen LogP contribution in [0.2, 0.25) is 0 Å². The van der Waals surface area contributed by atoms with E-state index in [1.165, 1.54) is 12.0 Å². The lowest BCUT2D eigenvalue weighted by atomic mass is 9.95. The second kappa shape index (κ2) is 12.3. The molecule has 0 radical (unpaired) electrons. The van der Waals surface area contributed by atoms with E-state index in [0.717, 1.165) is 37.7 Å². The Labute approximate surface area is 189 Å². The normalized spacial score (nSPS) is 14.3. The van der Waals surface area contributed by atoms with E-state index in [9.17, 15) is 14.9 Å². The first-order chi connectivity index (χ1) is 15.6. The van der Waals surface area contributed by atoms with Gasteiger partial charge in [0.15, 0.2) is 6.61 Å². The van der Waals surface area contributed by atoms with Gasteiger partial charge in [-0.1, -0.05) is 61.7 Å². The van der Waals surface area contributed by atoms with Gasteiger partial charge in [0.25, 0.3) is 11.8 Å². The maximum atomic E-state index is 12.4. The van der Waals surface area contributed by atoms with Gasteiger partial charge in [0, 0.05) is 12.6 Å². The summed E-state index contributed by atoms with van der Waals surface area (Å²) in [6, 6.07) is 19.1. The molecule has 0 heterocycles. The zero-order chi connectivity index (χ0) is 22.6. The number of nitrogens with zero attached hydrogens (tertiary/aromatic N) is 1. The van der Waals surface area contributed by atoms with Gasteiger partial charge >= 0.3 is 0 Å². The van der Waals surface area contributed by atoms with Crippen molar-refractivity contribution in [2.75, 3.05) is 13.2 Å². The number of rotatable bonds is 9. The first-order valence-electron chi connectivity index (χ1n) is 11.1. The first kappa shape index (κ1) is 23.1. The molecule has 2 aromatic carbocycles. The van der Waals surface area contributed by atoms with Crippen LogP contribution < -0.4 is 15.4 Å². The summed E-state index contributed by atoms with van der Waals surface area (Å²) in [6.45, 7) is 0.479. The van der Waals surface area contributed by atoms with E-state index in [1.807, 2.05) is 36.4 Å². The minimum atomic E-state index is -0.327. The summed E-state index contributed by atoms with van der Waals surface area (Å²) in [5.74, 6) is 0.0356. The average molecular weight is 432 g/mol. The van der Waals surface area contributed by atoms with Crippen molar-refractivity contribution in [1.29, 1.82) is 5.26 Å². The van der Waals surface area contributed by atoms with Crippen LogP contribution in [0.25, 0.3) is 6.08 Å². The molecule has 0 spiro atoms. The van der Waals surface area contributed by atoms with Crippen molar-refractivity contribution in [3.63, 3.8) is 0 Å². The minimum absolute atomic E-state index is 0.0722. The molecule has 1 saturated carbocycles. The van der Waals surface area contributed by atoms with Crippen LogP contribution in [-0.4, -0.2) is 31.0 Å². The summed E-state index contributed by atoms with van der Waals surface area (Å²) < 4.78 is 5.53. The lowest BCUT2D eigenvalue weighted by Gasteiger charge is -2.22. The molecule has 32 heavy (non-hydrogen) atoms. The Kier molecular flexibility index (Phi) is 8.88. The molecule has 1 aliphatic rings. The third-order valence-electron chi connectivity index (χ3n) is 5.45. The molecule has 166 valence electrons. The van der Waals surface area contributed by atoms with Gasteiger partial charge in [0.2, 0.25) is 0 Å². The van der Waals surface area contributed by atoms with E-state index in [-0.39, 0.29) is 30.0 Å². The van der Waals surface area contributed by atoms with Crippen LogP contribution in [-0.2, 0) is 16.0 Å². The Hall–Kier alpha value is -3.59. The minimum Gasteiger partial charge on any atom is -0.484 e. The van der Waals surface area contributed by atoms with Gasteiger partial charge in [0.05, 0.1) is 0 Å². The van der Waals surface area contributed by atoms with Crippen LogP contribution in [0.15, 0.2) is 60.2 Å². The van der Waals surface area contributed by atoms with Crippen molar-refractivity contribution >= 4 is 17.9 Å². The summed E-state index contributed by atoms with van der Waals surface area (Å²) >= 11 is 0. The molecule has 2 N–H and O–H groups in total. The number of hydrogen-bond acceptors (Lipinski definition) is 4. The zero-order valence-corrected chi connectivity index (χ0v) is 18.2. The van der Waals surface area contributed by atoms with Gasteiger partial charge < -0.3 is 15.4 Å². The first-order valence-corrected chi connectivity index (χ1v) is 11.1. The fourth-order valence-electron chi connectivity index (χ4n) is 3.68. The largest absolute Gasteiger partial charge is 0.484 e. The highest BCUT2D eigenvalue weighted by molar-refractivity contribution is 6.01. The molecule has 0 atom stereocenters. The Morgan fingerprint density at radius 3 is 2.44 bits per heavy atom. The third kappa shape index (κ3) is 7.59. The zero-order valence-electron chi connectivity index (χ0n) is 18.2. The average Bonchev–Trinajstić information content (AvgIpc) is 2.83. The maximum Gasteiger partial charge on any atom is 0.262 e. The molecule has 2 aromatic rings. The molecule has 0 saturated heterocycles. The molecule has 6 heteroatoms. The number of carbonyl (C=O) groups is 2. The van der Waals surface area contributed by atoms with Crippen LogP contribution in [0.3, 0.4) is 0 Å². The van der Waals surface area contributed by atoms with Gasteiger partial charge in [-0.2, -0.15) is 5.26 Å². The smallest absolute Gasteiger partial charge is 0.262 e. The quantitative estimate of drug-likeness (QED) is 0.467. The van der Waals surface area contributed by atoms with Crippen LogP contribution in [0.4, 0.5) is 0 Å². The van der Waals surface area contributed by atoms with Gasteiger partial charge in [0.1, 0.15) is 17.4 Å². The van der Waals surface area contributed by atoms with Crippen molar-refractivity contribution < 1.29 is 14.3 Å². The maximum absolute atomic E-state index is 12.4. The van der Waals surface area contributed by atoms with E-state index in [1.54, 1.807) is 30.3 Å². The second-order valence-electron chi connectivity index (χ2n) is 7.92. The molecular formula is C26H29N3O3. The summed E-state index contributed by atoms with van der Waals surface area (Å²) in [6.07, 6.45) is 7.71. The highest BCUT2D eigenvalue weighted by Crippen LogP contribution is 2.18. The number of carbonyl (C=O) groups excluding carboxylic acids is 2. The number of hydrogen-bond donors (Lipinski definition) is 2. The fraction of sp³-hybridized carbons (Fsp3) is 0.346. The van der Waals surface area contributed by atoms with Crippen molar-refractivity contribution in [3.8, 4) is 11.8 Å². The van der Waals surface area contributed by atoms with E-state index in [0.29, 0.717) is 12.3 Å². The summed E-state index contributed by atoms with van der Waals surface area (Å²) in [5, 5.41) is 15.2. The Morgan fingerprint density at radius 2 is 1.75 bits per heavy atom. The van der Waals surface area contributed by atoms with Crippen molar-refractivity contribution in [2.45, 2.75) is 44.6 Å². The van der Waals surface area contributed by atoms with E-state index in [2.05, 4.69) is 10.6 Å². The highest BCUT2D eigenvalue weighted by Gasteiger charge is 2.18. The molecule has 3 rings (SSSR count). The van der Waals surface area contributed by atoms with Crippen LogP contribution >= 0.6 is 0 Å².